The number of rotatable bonds is 5. The molecular weight excluding hydrogens is 354 g/mol. The van der Waals surface area contributed by atoms with Crippen LogP contribution in [0.25, 0.3) is 0 Å². The Hall–Kier alpha value is -2.19. The standard InChI is InChI=1S/C18H23N3O4S/c1-24-13-5-3-12(4-6-13)16-15(17(22)25-2)14(19-18(23)20-16)11-21-7-9-26-10-8-21/h3-6,16H,7-11H2,1-2H3,(H2,19,20,23)/t16-/m0/s1. The van der Waals surface area contributed by atoms with E-state index in [2.05, 4.69) is 15.5 Å². The summed E-state index contributed by atoms with van der Waals surface area (Å²) in [6.45, 7) is 2.38. The molecule has 0 spiro atoms. The van der Waals surface area contributed by atoms with Crippen LogP contribution in [0.3, 0.4) is 0 Å². The number of hydrogen-bond donors (Lipinski definition) is 2. The van der Waals surface area contributed by atoms with Crippen molar-refractivity contribution in [2.24, 2.45) is 0 Å². The first-order chi connectivity index (χ1) is 12.6. The van der Waals surface area contributed by atoms with E-state index in [-0.39, 0.29) is 6.03 Å². The highest BCUT2D eigenvalue weighted by Gasteiger charge is 2.34. The molecule has 140 valence electrons. The maximum Gasteiger partial charge on any atom is 0.338 e. The van der Waals surface area contributed by atoms with Crippen LogP contribution in [0.5, 0.6) is 5.75 Å². The summed E-state index contributed by atoms with van der Waals surface area (Å²) in [6.07, 6.45) is 0. The van der Waals surface area contributed by atoms with Crippen LogP contribution in [0.1, 0.15) is 11.6 Å². The Morgan fingerprint density at radius 1 is 1.23 bits per heavy atom. The lowest BCUT2D eigenvalue weighted by molar-refractivity contribution is -0.136. The molecule has 0 saturated carbocycles. The zero-order chi connectivity index (χ0) is 18.5. The van der Waals surface area contributed by atoms with Gasteiger partial charge >= 0.3 is 12.0 Å². The number of methoxy groups -OCH3 is 2. The van der Waals surface area contributed by atoms with Gasteiger partial charge in [0.25, 0.3) is 0 Å². The van der Waals surface area contributed by atoms with Gasteiger partial charge in [-0.25, -0.2) is 9.59 Å². The topological polar surface area (TPSA) is 79.9 Å². The maximum absolute atomic E-state index is 12.5. The number of carbonyl (C=O) groups is 2. The molecular formula is C18H23N3O4S. The Morgan fingerprint density at radius 3 is 2.54 bits per heavy atom. The molecule has 2 N–H and O–H groups in total. The van der Waals surface area contributed by atoms with Crippen LogP contribution in [0, 0.1) is 0 Å². The summed E-state index contributed by atoms with van der Waals surface area (Å²) in [7, 11) is 2.95. The molecule has 8 heteroatoms. The van der Waals surface area contributed by atoms with Crippen LogP contribution in [0.2, 0.25) is 0 Å². The third-order valence-corrected chi connectivity index (χ3v) is 5.44. The number of urea groups is 1. The van der Waals surface area contributed by atoms with Crippen molar-refractivity contribution in [3.05, 3.63) is 41.1 Å². The summed E-state index contributed by atoms with van der Waals surface area (Å²) in [4.78, 5) is 27.0. The van der Waals surface area contributed by atoms with Crippen LogP contribution in [-0.4, -0.2) is 62.3 Å². The van der Waals surface area contributed by atoms with E-state index in [4.69, 9.17) is 9.47 Å². The van der Waals surface area contributed by atoms with E-state index < -0.39 is 12.0 Å². The second-order valence-electron chi connectivity index (χ2n) is 6.08. The molecule has 0 aliphatic carbocycles. The van der Waals surface area contributed by atoms with Gasteiger partial charge in [-0.3, -0.25) is 4.90 Å². The van der Waals surface area contributed by atoms with E-state index in [0.717, 1.165) is 30.2 Å². The summed E-state index contributed by atoms with van der Waals surface area (Å²) in [6, 6.07) is 6.41. The van der Waals surface area contributed by atoms with Crippen molar-refractivity contribution < 1.29 is 19.1 Å². The molecule has 0 aromatic heterocycles. The van der Waals surface area contributed by atoms with E-state index in [0.29, 0.717) is 23.6 Å². The third kappa shape index (κ3) is 4.13. The zero-order valence-corrected chi connectivity index (χ0v) is 15.7. The Morgan fingerprint density at radius 2 is 1.92 bits per heavy atom. The van der Waals surface area contributed by atoms with Gasteiger partial charge in [0.15, 0.2) is 0 Å². The summed E-state index contributed by atoms with van der Waals surface area (Å²) >= 11 is 1.91. The normalized spacial score (nSPS) is 21.0. The lowest BCUT2D eigenvalue weighted by Gasteiger charge is -2.33. The molecule has 0 unspecified atom stereocenters. The SMILES string of the molecule is COC(=O)C1=C(CN2CCSCC2)NC(=O)N[C@H]1c1ccc(OC)cc1. The average molecular weight is 377 g/mol. The van der Waals surface area contributed by atoms with E-state index in [1.165, 1.54) is 7.11 Å². The lowest BCUT2D eigenvalue weighted by Crippen LogP contribution is -2.49. The van der Waals surface area contributed by atoms with Gasteiger partial charge < -0.3 is 20.1 Å². The molecule has 2 aliphatic rings. The molecule has 1 saturated heterocycles. The number of thioether (sulfide) groups is 1. The molecule has 0 radical (unpaired) electrons. The highest BCUT2D eigenvalue weighted by molar-refractivity contribution is 7.99. The number of esters is 1. The summed E-state index contributed by atoms with van der Waals surface area (Å²) in [5, 5.41) is 5.64. The van der Waals surface area contributed by atoms with Crippen molar-refractivity contribution in [3.8, 4) is 5.75 Å². The Kier molecular flexibility index (Phi) is 6.05. The molecule has 0 bridgehead atoms. The minimum atomic E-state index is -0.559. The van der Waals surface area contributed by atoms with Gasteiger partial charge in [0.2, 0.25) is 0 Å². The number of carbonyl (C=O) groups excluding carboxylic acids is 2. The monoisotopic (exact) mass is 377 g/mol. The fraction of sp³-hybridized carbons (Fsp3) is 0.444. The largest absolute Gasteiger partial charge is 0.497 e. The molecule has 2 amide bonds. The van der Waals surface area contributed by atoms with Gasteiger partial charge in [0, 0.05) is 36.8 Å². The molecule has 7 nitrogen and oxygen atoms in total. The first-order valence-electron chi connectivity index (χ1n) is 8.45. The summed E-state index contributed by atoms with van der Waals surface area (Å²) in [5.41, 5.74) is 1.84. The predicted molar refractivity (Wildman–Crippen MR) is 100 cm³/mol. The Labute approximate surface area is 157 Å². The number of hydrogen-bond acceptors (Lipinski definition) is 6. The minimum Gasteiger partial charge on any atom is -0.497 e. The summed E-state index contributed by atoms with van der Waals surface area (Å²) < 4.78 is 10.2. The Balaban J connectivity index is 1.95. The second kappa shape index (κ2) is 8.46. The van der Waals surface area contributed by atoms with Crippen LogP contribution >= 0.6 is 11.8 Å². The molecule has 1 aromatic rings. The molecule has 1 atom stereocenters. The summed E-state index contributed by atoms with van der Waals surface area (Å²) in [5.74, 6) is 2.37. The van der Waals surface area contributed by atoms with E-state index in [1.807, 2.05) is 23.9 Å². The zero-order valence-electron chi connectivity index (χ0n) is 14.9. The van der Waals surface area contributed by atoms with Crippen molar-refractivity contribution in [2.75, 3.05) is 45.4 Å². The van der Waals surface area contributed by atoms with Crippen molar-refractivity contribution in [3.63, 3.8) is 0 Å². The first-order valence-corrected chi connectivity index (χ1v) is 9.60. The highest BCUT2D eigenvalue weighted by Crippen LogP contribution is 2.29. The van der Waals surface area contributed by atoms with Crippen LogP contribution in [-0.2, 0) is 9.53 Å². The van der Waals surface area contributed by atoms with Gasteiger partial charge in [-0.2, -0.15) is 11.8 Å². The first kappa shape index (κ1) is 18.6. The van der Waals surface area contributed by atoms with Crippen molar-refractivity contribution in [1.29, 1.82) is 0 Å². The number of nitrogens with one attached hydrogen (secondary N) is 2. The van der Waals surface area contributed by atoms with Gasteiger partial charge in [-0.1, -0.05) is 12.1 Å². The molecule has 3 rings (SSSR count). The lowest BCUT2D eigenvalue weighted by atomic mass is 9.95. The number of benzene rings is 1. The van der Waals surface area contributed by atoms with Crippen LogP contribution in [0.15, 0.2) is 35.5 Å². The molecule has 2 aliphatic heterocycles. The van der Waals surface area contributed by atoms with E-state index >= 15 is 0 Å². The fourth-order valence-electron chi connectivity index (χ4n) is 3.12. The van der Waals surface area contributed by atoms with Crippen molar-refractivity contribution in [1.82, 2.24) is 15.5 Å². The van der Waals surface area contributed by atoms with Gasteiger partial charge in [0.05, 0.1) is 25.8 Å². The second-order valence-corrected chi connectivity index (χ2v) is 7.30. The van der Waals surface area contributed by atoms with Gasteiger partial charge in [0.1, 0.15) is 5.75 Å². The molecule has 26 heavy (non-hydrogen) atoms. The third-order valence-electron chi connectivity index (χ3n) is 4.49. The van der Waals surface area contributed by atoms with Crippen LogP contribution in [0.4, 0.5) is 4.79 Å². The highest BCUT2D eigenvalue weighted by atomic mass is 32.2. The number of ether oxygens (including phenoxy) is 2. The number of amides is 2. The van der Waals surface area contributed by atoms with E-state index in [1.54, 1.807) is 19.2 Å². The van der Waals surface area contributed by atoms with Gasteiger partial charge in [-0.15, -0.1) is 0 Å². The van der Waals surface area contributed by atoms with Gasteiger partial charge in [-0.05, 0) is 17.7 Å². The van der Waals surface area contributed by atoms with E-state index in [9.17, 15) is 9.59 Å². The van der Waals surface area contributed by atoms with Crippen LogP contribution < -0.4 is 15.4 Å². The fourth-order valence-corrected chi connectivity index (χ4v) is 4.10. The quantitative estimate of drug-likeness (QED) is 0.758. The Bertz CT molecular complexity index is 699. The minimum absolute atomic E-state index is 0.320. The smallest absolute Gasteiger partial charge is 0.338 e. The maximum atomic E-state index is 12.5. The van der Waals surface area contributed by atoms with Crippen molar-refractivity contribution in [2.45, 2.75) is 6.04 Å². The molecule has 1 aromatic carbocycles. The van der Waals surface area contributed by atoms with Crippen molar-refractivity contribution >= 4 is 23.8 Å². The molecule has 1 fully saturated rings. The number of nitrogens with zero attached hydrogens (tertiary/aromatic N) is 1. The molecule has 2 heterocycles. The predicted octanol–water partition coefficient (Wildman–Crippen LogP) is 1.52. The average Bonchev–Trinajstić information content (AvgIpc) is 2.68.